The van der Waals surface area contributed by atoms with E-state index < -0.39 is 0 Å². The Bertz CT molecular complexity index is 856. The summed E-state index contributed by atoms with van der Waals surface area (Å²) in [5.41, 5.74) is 4.23. The van der Waals surface area contributed by atoms with Gasteiger partial charge in [0.1, 0.15) is 6.07 Å². The summed E-state index contributed by atoms with van der Waals surface area (Å²) in [5.74, 6) is 0. The minimum atomic E-state index is 0.381. The molecule has 0 aliphatic rings. The second-order valence-corrected chi connectivity index (χ2v) is 5.79. The normalized spacial score (nSPS) is 10.3. The molecule has 2 aromatic carbocycles. The maximum absolute atomic E-state index is 9.18. The van der Waals surface area contributed by atoms with Crippen LogP contribution in [-0.2, 0) is 0 Å². The van der Waals surface area contributed by atoms with E-state index in [1.807, 2.05) is 67.5 Å². The van der Waals surface area contributed by atoms with E-state index in [9.17, 15) is 5.26 Å². The SMILES string of the molecule is CN(C)c1ccc(-c2cc(C#N)nn2-c2ccc(Cl)cc2)cc1. The Morgan fingerprint density at radius 2 is 1.70 bits per heavy atom. The molecule has 0 N–H and O–H groups in total. The van der Waals surface area contributed by atoms with Crippen LogP contribution in [0.3, 0.4) is 0 Å². The van der Waals surface area contributed by atoms with Crippen LogP contribution in [0.25, 0.3) is 16.9 Å². The van der Waals surface area contributed by atoms with Gasteiger partial charge >= 0.3 is 0 Å². The van der Waals surface area contributed by atoms with Crippen molar-refractivity contribution in [2.45, 2.75) is 0 Å². The molecule has 23 heavy (non-hydrogen) atoms. The van der Waals surface area contributed by atoms with Gasteiger partial charge in [-0.1, -0.05) is 23.7 Å². The zero-order valence-electron chi connectivity index (χ0n) is 12.9. The average Bonchev–Trinajstić information content (AvgIpc) is 3.00. The van der Waals surface area contributed by atoms with E-state index >= 15 is 0 Å². The number of hydrogen-bond donors (Lipinski definition) is 0. The predicted molar refractivity (Wildman–Crippen MR) is 93.1 cm³/mol. The van der Waals surface area contributed by atoms with Gasteiger partial charge in [-0.3, -0.25) is 0 Å². The molecule has 0 spiro atoms. The highest BCUT2D eigenvalue weighted by molar-refractivity contribution is 6.30. The van der Waals surface area contributed by atoms with Crippen molar-refractivity contribution in [2.24, 2.45) is 0 Å². The molecule has 0 aliphatic carbocycles. The van der Waals surface area contributed by atoms with Crippen LogP contribution >= 0.6 is 11.6 Å². The number of halogens is 1. The highest BCUT2D eigenvalue weighted by Gasteiger charge is 2.12. The van der Waals surface area contributed by atoms with E-state index in [2.05, 4.69) is 11.2 Å². The van der Waals surface area contributed by atoms with Crippen molar-refractivity contribution in [3.63, 3.8) is 0 Å². The predicted octanol–water partition coefficient (Wildman–Crippen LogP) is 4.13. The minimum Gasteiger partial charge on any atom is -0.378 e. The molecule has 1 heterocycles. The van der Waals surface area contributed by atoms with Gasteiger partial charge in [-0.15, -0.1) is 0 Å². The summed E-state index contributed by atoms with van der Waals surface area (Å²) in [6, 6.07) is 19.4. The lowest BCUT2D eigenvalue weighted by Gasteiger charge is -2.13. The number of rotatable bonds is 3. The molecule has 0 atom stereocenters. The molecule has 0 amide bonds. The Morgan fingerprint density at radius 3 is 2.26 bits per heavy atom. The van der Waals surface area contributed by atoms with Gasteiger partial charge in [0.2, 0.25) is 0 Å². The summed E-state index contributed by atoms with van der Waals surface area (Å²) in [6.45, 7) is 0. The summed E-state index contributed by atoms with van der Waals surface area (Å²) < 4.78 is 1.76. The summed E-state index contributed by atoms with van der Waals surface area (Å²) in [6.07, 6.45) is 0. The molecule has 5 heteroatoms. The van der Waals surface area contributed by atoms with E-state index in [4.69, 9.17) is 11.6 Å². The standard InChI is InChI=1S/C18H15ClN4/c1-22(2)16-7-3-13(4-8-16)18-11-15(12-20)21-23(18)17-9-5-14(19)6-10-17/h3-11H,1-2H3. The van der Waals surface area contributed by atoms with Gasteiger partial charge in [0.25, 0.3) is 0 Å². The fraction of sp³-hybridized carbons (Fsp3) is 0.111. The zero-order valence-corrected chi connectivity index (χ0v) is 13.6. The maximum Gasteiger partial charge on any atom is 0.163 e. The molecular formula is C18H15ClN4. The summed E-state index contributed by atoms with van der Waals surface area (Å²) in [4.78, 5) is 2.04. The third kappa shape index (κ3) is 3.05. The molecule has 0 bridgehead atoms. The van der Waals surface area contributed by atoms with Crippen molar-refractivity contribution >= 4 is 17.3 Å². The molecular weight excluding hydrogens is 308 g/mol. The number of hydrogen-bond acceptors (Lipinski definition) is 3. The van der Waals surface area contributed by atoms with E-state index in [1.54, 1.807) is 10.7 Å². The molecule has 0 fully saturated rings. The highest BCUT2D eigenvalue weighted by Crippen LogP contribution is 2.26. The van der Waals surface area contributed by atoms with Crippen LogP contribution < -0.4 is 4.90 Å². The minimum absolute atomic E-state index is 0.381. The van der Waals surface area contributed by atoms with E-state index in [0.29, 0.717) is 10.7 Å². The lowest BCUT2D eigenvalue weighted by molar-refractivity contribution is 0.880. The summed E-state index contributed by atoms with van der Waals surface area (Å²) in [5, 5.41) is 14.2. The number of benzene rings is 2. The quantitative estimate of drug-likeness (QED) is 0.728. The van der Waals surface area contributed by atoms with Gasteiger partial charge in [-0.25, -0.2) is 4.68 Å². The van der Waals surface area contributed by atoms with Gasteiger partial charge in [-0.05, 0) is 36.4 Å². The Balaban J connectivity index is 2.10. The first kappa shape index (κ1) is 15.1. The third-order valence-corrected chi connectivity index (χ3v) is 3.83. The van der Waals surface area contributed by atoms with Crippen molar-refractivity contribution < 1.29 is 0 Å². The first-order valence-electron chi connectivity index (χ1n) is 7.12. The third-order valence-electron chi connectivity index (χ3n) is 3.57. The number of nitrogens with zero attached hydrogens (tertiary/aromatic N) is 4. The fourth-order valence-electron chi connectivity index (χ4n) is 2.35. The van der Waals surface area contributed by atoms with Crippen LogP contribution in [0.15, 0.2) is 54.6 Å². The van der Waals surface area contributed by atoms with E-state index in [-0.39, 0.29) is 0 Å². The van der Waals surface area contributed by atoms with Gasteiger partial charge in [0, 0.05) is 36.4 Å². The topological polar surface area (TPSA) is 44.9 Å². The Kier molecular flexibility index (Phi) is 4.05. The first-order valence-corrected chi connectivity index (χ1v) is 7.50. The van der Waals surface area contributed by atoms with Gasteiger partial charge < -0.3 is 4.90 Å². The fourth-order valence-corrected chi connectivity index (χ4v) is 2.48. The van der Waals surface area contributed by atoms with Crippen molar-refractivity contribution in [3.05, 3.63) is 65.3 Å². The van der Waals surface area contributed by atoms with Crippen molar-refractivity contribution in [1.29, 1.82) is 5.26 Å². The van der Waals surface area contributed by atoms with Gasteiger partial charge in [-0.2, -0.15) is 10.4 Å². The lowest BCUT2D eigenvalue weighted by Crippen LogP contribution is -2.08. The number of aromatic nitrogens is 2. The number of nitriles is 1. The van der Waals surface area contributed by atoms with Crippen LogP contribution in [0, 0.1) is 11.3 Å². The molecule has 3 rings (SSSR count). The zero-order chi connectivity index (χ0) is 16.4. The van der Waals surface area contributed by atoms with Crippen molar-refractivity contribution in [3.8, 4) is 23.0 Å². The second-order valence-electron chi connectivity index (χ2n) is 5.36. The Labute approximate surface area is 140 Å². The van der Waals surface area contributed by atoms with Crippen LogP contribution in [0.4, 0.5) is 5.69 Å². The Morgan fingerprint density at radius 1 is 1.04 bits per heavy atom. The van der Waals surface area contributed by atoms with Crippen LogP contribution in [0.2, 0.25) is 5.02 Å². The first-order chi connectivity index (χ1) is 11.1. The smallest absolute Gasteiger partial charge is 0.163 e. The van der Waals surface area contributed by atoms with Crippen LogP contribution in [-0.4, -0.2) is 23.9 Å². The molecule has 114 valence electrons. The molecule has 0 saturated carbocycles. The largest absolute Gasteiger partial charge is 0.378 e. The Hall–Kier alpha value is -2.77. The summed E-state index contributed by atoms with van der Waals surface area (Å²) >= 11 is 5.95. The molecule has 1 aromatic heterocycles. The molecule has 0 saturated heterocycles. The van der Waals surface area contributed by atoms with Crippen LogP contribution in [0.5, 0.6) is 0 Å². The van der Waals surface area contributed by atoms with Gasteiger partial charge in [0.05, 0.1) is 11.4 Å². The highest BCUT2D eigenvalue weighted by atomic mass is 35.5. The molecule has 0 unspecified atom stereocenters. The molecule has 0 radical (unpaired) electrons. The summed E-state index contributed by atoms with van der Waals surface area (Å²) in [7, 11) is 4.00. The average molecular weight is 323 g/mol. The monoisotopic (exact) mass is 322 g/mol. The van der Waals surface area contributed by atoms with E-state index in [1.165, 1.54) is 0 Å². The van der Waals surface area contributed by atoms with Crippen LogP contribution in [0.1, 0.15) is 5.69 Å². The van der Waals surface area contributed by atoms with Crippen molar-refractivity contribution in [2.75, 3.05) is 19.0 Å². The molecule has 4 nitrogen and oxygen atoms in total. The number of anilines is 1. The molecule has 0 aliphatic heterocycles. The maximum atomic E-state index is 9.18. The van der Waals surface area contributed by atoms with Crippen molar-refractivity contribution in [1.82, 2.24) is 9.78 Å². The van der Waals surface area contributed by atoms with Gasteiger partial charge in [0.15, 0.2) is 5.69 Å². The molecule has 3 aromatic rings. The second kappa shape index (κ2) is 6.15. The van der Waals surface area contributed by atoms with E-state index in [0.717, 1.165) is 22.6 Å². The lowest BCUT2D eigenvalue weighted by atomic mass is 10.1.